The van der Waals surface area contributed by atoms with Gasteiger partial charge in [0, 0.05) is 28.4 Å². The van der Waals surface area contributed by atoms with Crippen molar-refractivity contribution in [2.75, 3.05) is 28.4 Å². The standard InChI is InChI=1S/C19H22N2O4/c1-14-6-8-15(9-7-14)10-11-16-17(12-20,13-21)19(24-4,25-5)18(16,22-2)23-3/h6-11,16H,1-5H3/b11-10-/t16-/m1/s1. The number of nitrogens with zero attached hydrogens (tertiary/aromatic N) is 2. The Hall–Kier alpha value is -2.22. The van der Waals surface area contributed by atoms with E-state index < -0.39 is 22.9 Å². The number of rotatable bonds is 6. The summed E-state index contributed by atoms with van der Waals surface area (Å²) in [6, 6.07) is 12.0. The molecule has 6 nitrogen and oxygen atoms in total. The van der Waals surface area contributed by atoms with Gasteiger partial charge in [-0.3, -0.25) is 0 Å². The molecule has 0 spiro atoms. The lowest BCUT2D eigenvalue weighted by Crippen LogP contribution is -2.83. The van der Waals surface area contributed by atoms with Crippen molar-refractivity contribution < 1.29 is 18.9 Å². The van der Waals surface area contributed by atoms with Gasteiger partial charge in [-0.05, 0) is 12.5 Å². The highest BCUT2D eigenvalue weighted by Gasteiger charge is 2.85. The van der Waals surface area contributed by atoms with E-state index >= 15 is 0 Å². The number of hydrogen-bond acceptors (Lipinski definition) is 6. The van der Waals surface area contributed by atoms with Crippen molar-refractivity contribution in [1.29, 1.82) is 10.5 Å². The van der Waals surface area contributed by atoms with Gasteiger partial charge >= 0.3 is 0 Å². The van der Waals surface area contributed by atoms with E-state index in [9.17, 15) is 10.5 Å². The van der Waals surface area contributed by atoms with Gasteiger partial charge in [0.25, 0.3) is 5.79 Å². The van der Waals surface area contributed by atoms with Crippen LogP contribution in [0.25, 0.3) is 6.08 Å². The first kappa shape index (κ1) is 19.1. The minimum Gasteiger partial charge on any atom is -0.348 e. The normalized spacial score (nSPS) is 22.8. The van der Waals surface area contributed by atoms with Gasteiger partial charge in [-0.1, -0.05) is 42.0 Å². The maximum absolute atomic E-state index is 9.78. The zero-order valence-corrected chi connectivity index (χ0v) is 15.1. The third-order valence-electron chi connectivity index (χ3n) is 4.95. The van der Waals surface area contributed by atoms with Crippen LogP contribution >= 0.6 is 0 Å². The Balaban J connectivity index is 2.55. The Bertz CT molecular complexity index is 705. The summed E-state index contributed by atoms with van der Waals surface area (Å²) in [5.41, 5.74) is 0.456. The summed E-state index contributed by atoms with van der Waals surface area (Å²) in [7, 11) is 5.59. The first-order chi connectivity index (χ1) is 12.0. The van der Waals surface area contributed by atoms with Gasteiger partial charge in [0.15, 0.2) is 0 Å². The monoisotopic (exact) mass is 342 g/mol. The highest BCUT2D eigenvalue weighted by Crippen LogP contribution is 2.65. The lowest BCUT2D eigenvalue weighted by atomic mass is 9.51. The second kappa shape index (κ2) is 6.95. The Morgan fingerprint density at radius 1 is 0.920 bits per heavy atom. The van der Waals surface area contributed by atoms with Gasteiger partial charge in [-0.15, -0.1) is 0 Å². The molecule has 0 aliphatic heterocycles. The molecule has 132 valence electrons. The summed E-state index contributed by atoms with van der Waals surface area (Å²) in [4.78, 5) is 0. The van der Waals surface area contributed by atoms with Crippen LogP contribution in [-0.4, -0.2) is 40.0 Å². The molecule has 0 bridgehead atoms. The summed E-state index contributed by atoms with van der Waals surface area (Å²) in [5.74, 6) is -3.82. The largest absolute Gasteiger partial charge is 0.348 e. The molecule has 1 aromatic carbocycles. The van der Waals surface area contributed by atoms with Gasteiger partial charge < -0.3 is 18.9 Å². The van der Waals surface area contributed by atoms with Crippen LogP contribution in [0.2, 0.25) is 0 Å². The Labute approximate surface area is 148 Å². The molecular formula is C19H22N2O4. The fourth-order valence-corrected chi connectivity index (χ4v) is 3.65. The molecule has 0 radical (unpaired) electrons. The van der Waals surface area contributed by atoms with E-state index in [1.165, 1.54) is 28.4 Å². The molecule has 0 N–H and O–H groups in total. The minimum atomic E-state index is -1.67. The molecule has 1 aromatic rings. The summed E-state index contributed by atoms with van der Waals surface area (Å²) in [5, 5.41) is 19.6. The van der Waals surface area contributed by atoms with Gasteiger partial charge in [0.1, 0.15) is 0 Å². The lowest BCUT2D eigenvalue weighted by molar-refractivity contribution is -0.489. The van der Waals surface area contributed by atoms with Crippen molar-refractivity contribution in [1.82, 2.24) is 0 Å². The van der Waals surface area contributed by atoms with E-state index in [2.05, 4.69) is 12.1 Å². The van der Waals surface area contributed by atoms with Crippen molar-refractivity contribution in [2.45, 2.75) is 18.5 Å². The predicted molar refractivity (Wildman–Crippen MR) is 90.9 cm³/mol. The topological polar surface area (TPSA) is 84.5 Å². The van der Waals surface area contributed by atoms with Gasteiger partial charge in [-0.2, -0.15) is 10.5 Å². The Kier molecular flexibility index (Phi) is 5.31. The van der Waals surface area contributed by atoms with Crippen LogP contribution in [0.3, 0.4) is 0 Å². The molecule has 1 atom stereocenters. The number of benzene rings is 1. The lowest BCUT2D eigenvalue weighted by Gasteiger charge is -2.64. The quantitative estimate of drug-likeness (QED) is 0.739. The number of ether oxygens (including phenoxy) is 4. The SMILES string of the molecule is COC1(OC)[C@H](/C=C\c2ccc(C)cc2)C(C#N)(C#N)C1(OC)OC. The maximum atomic E-state index is 9.78. The van der Waals surface area contributed by atoms with Crippen molar-refractivity contribution >= 4 is 6.08 Å². The van der Waals surface area contributed by atoms with Crippen molar-refractivity contribution in [3.63, 3.8) is 0 Å². The molecular weight excluding hydrogens is 320 g/mol. The molecule has 0 unspecified atom stereocenters. The zero-order chi connectivity index (χ0) is 18.7. The van der Waals surface area contributed by atoms with Crippen LogP contribution in [0.4, 0.5) is 0 Å². The van der Waals surface area contributed by atoms with Gasteiger partial charge in [-0.25, -0.2) is 0 Å². The Morgan fingerprint density at radius 3 is 1.84 bits per heavy atom. The van der Waals surface area contributed by atoms with Gasteiger partial charge in [0.05, 0.1) is 18.1 Å². The molecule has 0 amide bonds. The molecule has 1 fully saturated rings. The van der Waals surface area contributed by atoms with Crippen LogP contribution < -0.4 is 0 Å². The smallest absolute Gasteiger partial charge is 0.257 e. The molecule has 0 saturated heterocycles. The molecule has 1 aliphatic rings. The second-order valence-electron chi connectivity index (χ2n) is 5.88. The van der Waals surface area contributed by atoms with Crippen molar-refractivity contribution in [3.05, 3.63) is 41.5 Å². The summed E-state index contributed by atoms with van der Waals surface area (Å²) in [6.07, 6.45) is 3.57. The highest BCUT2D eigenvalue weighted by atomic mass is 16.8. The molecule has 2 rings (SSSR count). The predicted octanol–water partition coefficient (Wildman–Crippen LogP) is 2.65. The fourth-order valence-electron chi connectivity index (χ4n) is 3.65. The molecule has 6 heteroatoms. The molecule has 25 heavy (non-hydrogen) atoms. The highest BCUT2D eigenvalue weighted by molar-refractivity contribution is 5.53. The van der Waals surface area contributed by atoms with Crippen LogP contribution in [0.1, 0.15) is 11.1 Å². The van der Waals surface area contributed by atoms with E-state index in [0.717, 1.165) is 11.1 Å². The van der Waals surface area contributed by atoms with Crippen LogP contribution in [-0.2, 0) is 18.9 Å². The van der Waals surface area contributed by atoms with Crippen LogP contribution in [0.5, 0.6) is 0 Å². The van der Waals surface area contributed by atoms with E-state index in [0.29, 0.717) is 0 Å². The zero-order valence-electron chi connectivity index (χ0n) is 15.1. The molecule has 0 aromatic heterocycles. The molecule has 1 aliphatic carbocycles. The number of hydrogen-bond donors (Lipinski definition) is 0. The average molecular weight is 342 g/mol. The average Bonchev–Trinajstić information content (AvgIpc) is 2.64. The summed E-state index contributed by atoms with van der Waals surface area (Å²) >= 11 is 0. The number of nitriles is 2. The second-order valence-corrected chi connectivity index (χ2v) is 5.88. The van der Waals surface area contributed by atoms with Crippen LogP contribution in [0, 0.1) is 40.9 Å². The number of methoxy groups -OCH3 is 4. The Morgan fingerprint density at radius 2 is 1.44 bits per heavy atom. The van der Waals surface area contributed by atoms with Crippen molar-refractivity contribution in [2.24, 2.45) is 11.3 Å². The maximum Gasteiger partial charge on any atom is 0.257 e. The minimum absolute atomic E-state index is 0.716. The third kappa shape index (κ3) is 2.31. The van der Waals surface area contributed by atoms with Crippen molar-refractivity contribution in [3.8, 4) is 12.1 Å². The summed E-state index contributed by atoms with van der Waals surface area (Å²) in [6.45, 7) is 2.00. The third-order valence-corrected chi connectivity index (χ3v) is 4.95. The molecule has 1 saturated carbocycles. The number of aryl methyl sites for hydroxylation is 1. The van der Waals surface area contributed by atoms with E-state index in [4.69, 9.17) is 18.9 Å². The fraction of sp³-hybridized carbons (Fsp3) is 0.474. The van der Waals surface area contributed by atoms with E-state index in [1.807, 2.05) is 37.3 Å². The summed E-state index contributed by atoms with van der Waals surface area (Å²) < 4.78 is 22.1. The van der Waals surface area contributed by atoms with E-state index in [-0.39, 0.29) is 0 Å². The van der Waals surface area contributed by atoms with E-state index in [1.54, 1.807) is 6.08 Å². The van der Waals surface area contributed by atoms with Crippen LogP contribution in [0.15, 0.2) is 30.3 Å². The first-order valence-corrected chi connectivity index (χ1v) is 7.75. The van der Waals surface area contributed by atoms with Gasteiger partial charge in [0.2, 0.25) is 11.2 Å². The first-order valence-electron chi connectivity index (χ1n) is 7.75. The molecule has 0 heterocycles.